The van der Waals surface area contributed by atoms with Crippen LogP contribution in [0.3, 0.4) is 0 Å². The van der Waals surface area contributed by atoms with Gasteiger partial charge >= 0.3 is 0 Å². The van der Waals surface area contributed by atoms with Gasteiger partial charge < -0.3 is 0 Å². The van der Waals surface area contributed by atoms with Gasteiger partial charge in [-0.25, -0.2) is 8.42 Å². The number of benzene rings is 1. The topological polar surface area (TPSA) is 83.6 Å². The zero-order chi connectivity index (χ0) is 16.4. The predicted octanol–water partition coefficient (Wildman–Crippen LogP) is 3.32. The van der Waals surface area contributed by atoms with Gasteiger partial charge in [-0.05, 0) is 46.8 Å². The van der Waals surface area contributed by atoms with Gasteiger partial charge in [0.05, 0.1) is 4.90 Å². The normalized spacial score (nSPS) is 31.4. The highest BCUT2D eigenvalue weighted by Gasteiger charge is 2.72. The Hall–Kier alpha value is -1.63. The van der Waals surface area contributed by atoms with Crippen molar-refractivity contribution in [1.29, 1.82) is 0 Å². The molecule has 0 radical (unpaired) electrons. The summed E-state index contributed by atoms with van der Waals surface area (Å²) in [5, 5.41) is 16.9. The third kappa shape index (κ3) is 1.68. The van der Waals surface area contributed by atoms with Crippen molar-refractivity contribution in [2.75, 3.05) is 0 Å². The number of fused-ring (bicyclic) bond motifs is 1. The summed E-state index contributed by atoms with van der Waals surface area (Å²) in [5.74, 6) is 0. The molecule has 7 heteroatoms. The van der Waals surface area contributed by atoms with Crippen molar-refractivity contribution >= 4 is 9.84 Å². The smallest absolute Gasteiger partial charge is 0.221 e. The first-order chi connectivity index (χ1) is 10.0. The SMILES string of the molecule is Cc1ccc(S(=O)(=O)[C@]23N=NC(C)(C)[C@H]2N=NC3(C)C)cc1. The van der Waals surface area contributed by atoms with Crippen LogP contribution in [0.15, 0.2) is 49.6 Å². The van der Waals surface area contributed by atoms with E-state index >= 15 is 0 Å². The van der Waals surface area contributed by atoms with Crippen LogP contribution in [-0.2, 0) is 9.84 Å². The largest absolute Gasteiger partial charge is 0.238 e. The zero-order valence-electron chi connectivity index (χ0n) is 13.4. The first-order valence-corrected chi connectivity index (χ1v) is 8.70. The summed E-state index contributed by atoms with van der Waals surface area (Å²) in [6.45, 7) is 9.10. The summed E-state index contributed by atoms with van der Waals surface area (Å²) in [5.41, 5.74) is -0.644. The van der Waals surface area contributed by atoms with E-state index in [9.17, 15) is 8.42 Å². The Balaban J connectivity index is 2.24. The molecule has 0 N–H and O–H groups in total. The van der Waals surface area contributed by atoms with Gasteiger partial charge in [0.2, 0.25) is 14.7 Å². The molecule has 0 aromatic heterocycles. The van der Waals surface area contributed by atoms with Gasteiger partial charge in [-0.15, -0.1) is 0 Å². The Morgan fingerprint density at radius 3 is 2.14 bits per heavy atom. The summed E-state index contributed by atoms with van der Waals surface area (Å²) in [6.07, 6.45) is 0. The van der Waals surface area contributed by atoms with Crippen molar-refractivity contribution < 1.29 is 8.42 Å². The van der Waals surface area contributed by atoms with E-state index in [0.29, 0.717) is 0 Å². The van der Waals surface area contributed by atoms with E-state index in [0.717, 1.165) is 5.56 Å². The highest BCUT2D eigenvalue weighted by atomic mass is 32.2. The molecule has 0 saturated carbocycles. The fourth-order valence-electron chi connectivity index (χ4n) is 3.17. The lowest BCUT2D eigenvalue weighted by Gasteiger charge is -2.35. The molecule has 3 rings (SSSR count). The summed E-state index contributed by atoms with van der Waals surface area (Å²) in [6, 6.07) is 6.19. The fraction of sp³-hybridized carbons (Fsp3) is 0.600. The Kier molecular flexibility index (Phi) is 2.93. The van der Waals surface area contributed by atoms with Crippen molar-refractivity contribution in [3.63, 3.8) is 0 Å². The molecule has 1 aromatic carbocycles. The lowest BCUT2D eigenvalue weighted by Crippen LogP contribution is -2.58. The minimum atomic E-state index is -3.78. The highest BCUT2D eigenvalue weighted by Crippen LogP contribution is 2.54. The fourth-order valence-corrected chi connectivity index (χ4v) is 5.50. The maximum Gasteiger partial charge on any atom is 0.238 e. The van der Waals surface area contributed by atoms with Gasteiger partial charge in [-0.1, -0.05) is 17.7 Å². The molecule has 2 atom stereocenters. The third-order valence-corrected chi connectivity index (χ3v) is 7.05. The Morgan fingerprint density at radius 1 is 0.955 bits per heavy atom. The summed E-state index contributed by atoms with van der Waals surface area (Å²) >= 11 is 0. The standard InChI is InChI=1S/C15H20N4O2S/c1-10-6-8-11(9-7-10)22(20,21)15-12(13(2,3)17-19-15)16-18-14(15,4)5/h6-9,12H,1-5H3/t12-,15-/m1/s1. The van der Waals surface area contributed by atoms with E-state index in [4.69, 9.17) is 0 Å². The van der Waals surface area contributed by atoms with Crippen molar-refractivity contribution in [2.24, 2.45) is 20.5 Å². The third-order valence-electron chi connectivity index (χ3n) is 4.54. The monoisotopic (exact) mass is 320 g/mol. The molecule has 2 aliphatic rings. The summed E-state index contributed by atoms with van der Waals surface area (Å²) in [7, 11) is -3.78. The van der Waals surface area contributed by atoms with Crippen LogP contribution in [0.2, 0.25) is 0 Å². The number of sulfone groups is 1. The van der Waals surface area contributed by atoms with Crippen LogP contribution < -0.4 is 0 Å². The number of hydrogen-bond acceptors (Lipinski definition) is 6. The van der Waals surface area contributed by atoms with Crippen LogP contribution >= 0.6 is 0 Å². The molecule has 22 heavy (non-hydrogen) atoms. The minimum Gasteiger partial charge on any atom is -0.221 e. The van der Waals surface area contributed by atoms with Crippen LogP contribution in [-0.4, -0.2) is 30.4 Å². The highest BCUT2D eigenvalue weighted by molar-refractivity contribution is 7.93. The van der Waals surface area contributed by atoms with Gasteiger partial charge in [0.15, 0.2) is 0 Å². The average molecular weight is 320 g/mol. The maximum absolute atomic E-state index is 13.4. The minimum absolute atomic E-state index is 0.236. The summed E-state index contributed by atoms with van der Waals surface area (Å²) in [4.78, 5) is -1.24. The number of rotatable bonds is 2. The molecule has 1 aromatic rings. The molecule has 0 amide bonds. The molecule has 0 unspecified atom stereocenters. The van der Waals surface area contributed by atoms with Gasteiger partial charge in [-0.3, -0.25) is 0 Å². The quantitative estimate of drug-likeness (QED) is 0.837. The molecule has 0 saturated heterocycles. The number of hydrogen-bond donors (Lipinski definition) is 0. The molecule has 2 heterocycles. The van der Waals surface area contributed by atoms with Crippen LogP contribution in [0.4, 0.5) is 0 Å². The lowest BCUT2D eigenvalue weighted by molar-refractivity contribution is 0.341. The first-order valence-electron chi connectivity index (χ1n) is 7.22. The van der Waals surface area contributed by atoms with E-state index in [1.165, 1.54) is 0 Å². The van der Waals surface area contributed by atoms with E-state index < -0.39 is 31.8 Å². The molecule has 6 nitrogen and oxygen atoms in total. The van der Waals surface area contributed by atoms with Gasteiger partial charge in [0.1, 0.15) is 17.1 Å². The number of azo groups is 2. The van der Waals surface area contributed by atoms with E-state index in [2.05, 4.69) is 20.5 Å². The first kappa shape index (κ1) is 15.3. The second-order valence-corrected chi connectivity index (χ2v) is 9.14. The lowest BCUT2D eigenvalue weighted by atomic mass is 9.83. The molecule has 0 spiro atoms. The van der Waals surface area contributed by atoms with Gasteiger partial charge in [-0.2, -0.15) is 20.5 Å². The molecule has 118 valence electrons. The zero-order valence-corrected chi connectivity index (χ0v) is 14.2. The van der Waals surface area contributed by atoms with Crippen molar-refractivity contribution in [3.8, 4) is 0 Å². The van der Waals surface area contributed by atoms with Crippen molar-refractivity contribution in [1.82, 2.24) is 0 Å². The molecule has 0 fully saturated rings. The van der Waals surface area contributed by atoms with E-state index in [-0.39, 0.29) is 4.90 Å². The second-order valence-electron chi connectivity index (χ2n) is 7.04. The summed E-state index contributed by atoms with van der Waals surface area (Å²) < 4.78 is 26.8. The van der Waals surface area contributed by atoms with Gasteiger partial charge in [0.25, 0.3) is 0 Å². The number of aryl methyl sites for hydroxylation is 1. The van der Waals surface area contributed by atoms with Crippen LogP contribution in [0, 0.1) is 6.92 Å². The number of nitrogens with zero attached hydrogens (tertiary/aromatic N) is 4. The maximum atomic E-state index is 13.4. The van der Waals surface area contributed by atoms with Crippen molar-refractivity contribution in [3.05, 3.63) is 29.8 Å². The van der Waals surface area contributed by atoms with Crippen molar-refractivity contribution in [2.45, 2.75) is 61.5 Å². The molecule has 0 aliphatic carbocycles. The Labute approximate surface area is 130 Å². The molecular weight excluding hydrogens is 300 g/mol. The van der Waals surface area contributed by atoms with E-state index in [1.807, 2.05) is 20.8 Å². The average Bonchev–Trinajstić information content (AvgIpc) is 2.86. The molecule has 2 aliphatic heterocycles. The van der Waals surface area contributed by atoms with Gasteiger partial charge in [0, 0.05) is 0 Å². The Bertz CT molecular complexity index is 778. The molecular formula is C15H20N4O2S. The second kappa shape index (κ2) is 4.22. The predicted molar refractivity (Wildman–Crippen MR) is 82.8 cm³/mol. The van der Waals surface area contributed by atoms with Crippen LogP contribution in [0.25, 0.3) is 0 Å². The van der Waals surface area contributed by atoms with E-state index in [1.54, 1.807) is 38.1 Å². The Morgan fingerprint density at radius 2 is 1.55 bits per heavy atom. The molecule has 0 bridgehead atoms. The van der Waals surface area contributed by atoms with Crippen LogP contribution in [0.1, 0.15) is 33.3 Å². The van der Waals surface area contributed by atoms with Crippen LogP contribution in [0.5, 0.6) is 0 Å².